The maximum absolute atomic E-state index is 12.4. The lowest BCUT2D eigenvalue weighted by Crippen LogP contribution is -2.42. The molecule has 2 aromatic carbocycles. The Kier molecular flexibility index (Phi) is 5.04. The maximum atomic E-state index is 12.4. The van der Waals surface area contributed by atoms with Crippen LogP contribution in [0.15, 0.2) is 53.3 Å². The lowest BCUT2D eigenvalue weighted by atomic mass is 10.1. The second kappa shape index (κ2) is 7.58. The lowest BCUT2D eigenvalue weighted by Gasteiger charge is -2.11. The summed E-state index contributed by atoms with van der Waals surface area (Å²) in [7, 11) is 1.53. The Morgan fingerprint density at radius 2 is 1.65 bits per heavy atom. The molecule has 26 heavy (non-hydrogen) atoms. The number of rotatable bonds is 4. The first-order chi connectivity index (χ1) is 12.6. The van der Waals surface area contributed by atoms with E-state index in [1.54, 1.807) is 48.5 Å². The predicted octanol–water partition coefficient (Wildman–Crippen LogP) is 1.14. The van der Waals surface area contributed by atoms with E-state index < -0.39 is 17.4 Å². The Morgan fingerprint density at radius 1 is 1.00 bits per heavy atom. The molecule has 0 saturated heterocycles. The van der Waals surface area contributed by atoms with Gasteiger partial charge in [-0.3, -0.25) is 25.2 Å². The van der Waals surface area contributed by atoms with Crippen molar-refractivity contribution in [3.05, 3.63) is 75.7 Å². The first-order valence-corrected chi connectivity index (χ1v) is 7.76. The number of benzene rings is 2. The van der Waals surface area contributed by atoms with Crippen LogP contribution in [0.25, 0.3) is 10.8 Å². The van der Waals surface area contributed by atoms with Crippen LogP contribution in [0.2, 0.25) is 0 Å². The molecule has 3 aromatic rings. The number of aromatic nitrogens is 2. The average Bonchev–Trinajstić information content (AvgIpc) is 2.67. The van der Waals surface area contributed by atoms with E-state index in [-0.39, 0.29) is 12.3 Å². The topological polar surface area (TPSA) is 113 Å². The Balaban J connectivity index is 1.79. The number of carbonyl (C=O) groups is 2. The molecule has 0 aliphatic rings. The predicted molar refractivity (Wildman–Crippen MR) is 94.5 cm³/mol. The minimum Gasteiger partial charge on any atom is -0.380 e. The van der Waals surface area contributed by atoms with Gasteiger partial charge >= 0.3 is 0 Å². The van der Waals surface area contributed by atoms with Gasteiger partial charge in [0.15, 0.2) is 5.69 Å². The highest BCUT2D eigenvalue weighted by molar-refractivity contribution is 6.06. The summed E-state index contributed by atoms with van der Waals surface area (Å²) in [6.07, 6.45) is 0. The Morgan fingerprint density at radius 3 is 2.42 bits per heavy atom. The summed E-state index contributed by atoms with van der Waals surface area (Å²) in [5, 5.41) is 6.79. The molecule has 0 spiro atoms. The molecule has 132 valence electrons. The molecule has 0 fully saturated rings. The second-order valence-corrected chi connectivity index (χ2v) is 5.45. The van der Waals surface area contributed by atoms with E-state index >= 15 is 0 Å². The lowest BCUT2D eigenvalue weighted by molar-refractivity contribution is 0.0842. The van der Waals surface area contributed by atoms with E-state index in [0.717, 1.165) is 0 Å². The molecule has 3 rings (SSSR count). The molecular weight excluding hydrogens is 336 g/mol. The number of hydrogen-bond donors (Lipinski definition) is 3. The largest absolute Gasteiger partial charge is 0.380 e. The molecule has 0 aliphatic heterocycles. The fourth-order valence-electron chi connectivity index (χ4n) is 2.55. The Hall–Kier alpha value is -3.52. The quantitative estimate of drug-likeness (QED) is 0.610. The molecule has 1 aromatic heterocycles. The second-order valence-electron chi connectivity index (χ2n) is 5.45. The van der Waals surface area contributed by atoms with E-state index in [4.69, 9.17) is 4.74 Å². The third-order valence-corrected chi connectivity index (χ3v) is 3.76. The van der Waals surface area contributed by atoms with Gasteiger partial charge in [0.1, 0.15) is 0 Å². The first-order valence-electron chi connectivity index (χ1n) is 7.76. The monoisotopic (exact) mass is 352 g/mol. The van der Waals surface area contributed by atoms with Crippen molar-refractivity contribution in [1.82, 2.24) is 21.0 Å². The van der Waals surface area contributed by atoms with Crippen molar-refractivity contribution in [3.8, 4) is 0 Å². The summed E-state index contributed by atoms with van der Waals surface area (Å²) >= 11 is 0. The van der Waals surface area contributed by atoms with Crippen molar-refractivity contribution >= 4 is 22.6 Å². The fraction of sp³-hybridized carbons (Fsp3) is 0.111. The molecule has 0 radical (unpaired) electrons. The third kappa shape index (κ3) is 3.45. The van der Waals surface area contributed by atoms with Crippen molar-refractivity contribution in [2.75, 3.05) is 7.11 Å². The normalized spacial score (nSPS) is 10.5. The minimum absolute atomic E-state index is 0.00526. The fourth-order valence-corrected chi connectivity index (χ4v) is 2.55. The smallest absolute Gasteiger partial charge is 0.290 e. The van der Waals surface area contributed by atoms with Gasteiger partial charge in [-0.2, -0.15) is 5.10 Å². The number of hydrazine groups is 1. The van der Waals surface area contributed by atoms with Gasteiger partial charge in [0.2, 0.25) is 0 Å². The molecule has 3 N–H and O–H groups in total. The molecule has 0 saturated carbocycles. The molecule has 0 atom stereocenters. The van der Waals surface area contributed by atoms with Gasteiger partial charge in [0, 0.05) is 18.1 Å². The summed E-state index contributed by atoms with van der Waals surface area (Å²) in [6.45, 7) is 0.268. The van der Waals surface area contributed by atoms with Crippen LogP contribution in [0.5, 0.6) is 0 Å². The standard InChI is InChI=1S/C18H16N4O4/c1-26-10-11-6-2-3-7-12(11)16(23)21-22-18(25)15-13-8-4-5-9-14(13)17(24)20-19-15/h2-9H,10H2,1H3,(H,20,24)(H,21,23)(H,22,25). The zero-order valence-corrected chi connectivity index (χ0v) is 13.9. The van der Waals surface area contributed by atoms with Crippen LogP contribution in [0.4, 0.5) is 0 Å². The highest BCUT2D eigenvalue weighted by Crippen LogP contribution is 2.12. The van der Waals surface area contributed by atoms with Crippen LogP contribution in [0.1, 0.15) is 26.4 Å². The van der Waals surface area contributed by atoms with Gasteiger partial charge in [-0.15, -0.1) is 0 Å². The molecular formula is C18H16N4O4. The van der Waals surface area contributed by atoms with Gasteiger partial charge < -0.3 is 4.74 Å². The Labute approximate surface area is 148 Å². The van der Waals surface area contributed by atoms with Crippen LogP contribution >= 0.6 is 0 Å². The number of H-pyrrole nitrogens is 1. The molecule has 0 unspecified atom stereocenters. The molecule has 8 nitrogen and oxygen atoms in total. The van der Waals surface area contributed by atoms with E-state index in [9.17, 15) is 14.4 Å². The number of aromatic amines is 1. The summed E-state index contributed by atoms with van der Waals surface area (Å²) in [5.41, 5.74) is 5.35. The number of amides is 2. The van der Waals surface area contributed by atoms with Crippen molar-refractivity contribution in [1.29, 1.82) is 0 Å². The number of nitrogens with zero attached hydrogens (tertiary/aromatic N) is 1. The van der Waals surface area contributed by atoms with Crippen LogP contribution in [-0.2, 0) is 11.3 Å². The SMILES string of the molecule is COCc1ccccc1C(=O)NNC(=O)c1n[nH]c(=O)c2ccccc12. The summed E-state index contributed by atoms with van der Waals surface area (Å²) in [6, 6.07) is 13.5. The van der Waals surface area contributed by atoms with Crippen LogP contribution in [-0.4, -0.2) is 29.1 Å². The van der Waals surface area contributed by atoms with E-state index in [0.29, 0.717) is 21.9 Å². The summed E-state index contributed by atoms with van der Waals surface area (Å²) in [5.74, 6) is -1.13. The molecule has 8 heteroatoms. The van der Waals surface area contributed by atoms with E-state index in [1.807, 2.05) is 0 Å². The number of hydrogen-bond acceptors (Lipinski definition) is 5. The number of fused-ring (bicyclic) bond motifs is 1. The van der Waals surface area contributed by atoms with Gasteiger partial charge in [-0.25, -0.2) is 5.10 Å². The molecule has 0 bridgehead atoms. The highest BCUT2D eigenvalue weighted by Gasteiger charge is 2.16. The number of methoxy groups -OCH3 is 1. The van der Waals surface area contributed by atoms with Gasteiger partial charge in [-0.05, 0) is 17.7 Å². The number of ether oxygens (including phenoxy) is 1. The van der Waals surface area contributed by atoms with Crippen molar-refractivity contribution < 1.29 is 14.3 Å². The summed E-state index contributed by atoms with van der Waals surface area (Å²) < 4.78 is 5.06. The third-order valence-electron chi connectivity index (χ3n) is 3.76. The zero-order valence-electron chi connectivity index (χ0n) is 13.9. The zero-order chi connectivity index (χ0) is 18.5. The maximum Gasteiger partial charge on any atom is 0.290 e. The molecule has 1 heterocycles. The van der Waals surface area contributed by atoms with E-state index in [1.165, 1.54) is 7.11 Å². The van der Waals surface area contributed by atoms with Crippen LogP contribution in [0, 0.1) is 0 Å². The number of carbonyl (C=O) groups excluding carboxylic acids is 2. The first kappa shape index (κ1) is 17.3. The van der Waals surface area contributed by atoms with Crippen LogP contribution < -0.4 is 16.4 Å². The van der Waals surface area contributed by atoms with Crippen LogP contribution in [0.3, 0.4) is 0 Å². The number of nitrogens with one attached hydrogen (secondary N) is 3. The van der Waals surface area contributed by atoms with Gasteiger partial charge in [0.05, 0.1) is 12.0 Å². The average molecular weight is 352 g/mol. The molecule has 0 aliphatic carbocycles. The molecule has 2 amide bonds. The van der Waals surface area contributed by atoms with Crippen molar-refractivity contribution in [2.24, 2.45) is 0 Å². The van der Waals surface area contributed by atoms with Gasteiger partial charge in [-0.1, -0.05) is 36.4 Å². The van der Waals surface area contributed by atoms with Crippen molar-refractivity contribution in [3.63, 3.8) is 0 Å². The minimum atomic E-state index is -0.643. The van der Waals surface area contributed by atoms with Gasteiger partial charge in [0.25, 0.3) is 17.4 Å². The van der Waals surface area contributed by atoms with E-state index in [2.05, 4.69) is 21.0 Å². The summed E-state index contributed by atoms with van der Waals surface area (Å²) in [4.78, 5) is 36.5. The van der Waals surface area contributed by atoms with Crippen molar-refractivity contribution in [2.45, 2.75) is 6.61 Å². The Bertz CT molecular complexity index is 1030. The highest BCUT2D eigenvalue weighted by atomic mass is 16.5.